The number of piperidine rings is 1. The van der Waals surface area contributed by atoms with E-state index < -0.39 is 0 Å². The van der Waals surface area contributed by atoms with Crippen molar-refractivity contribution in [3.05, 3.63) is 46.9 Å². The minimum Gasteiger partial charge on any atom is -0.382 e. The zero-order valence-corrected chi connectivity index (χ0v) is 12.4. The van der Waals surface area contributed by atoms with Gasteiger partial charge >= 0.3 is 0 Å². The van der Waals surface area contributed by atoms with Gasteiger partial charge < -0.3 is 5.73 Å². The lowest BCUT2D eigenvalue weighted by Gasteiger charge is -2.32. The maximum atomic E-state index is 13.4. The normalized spacial score (nSPS) is 17.2. The Bertz CT molecular complexity index is 620. The summed E-state index contributed by atoms with van der Waals surface area (Å²) in [4.78, 5) is 2.30. The molecule has 1 aliphatic heterocycles. The minimum atomic E-state index is -0.351. The molecule has 0 atom stereocenters. The molecular weight excluding hydrogens is 291 g/mol. The van der Waals surface area contributed by atoms with Crippen LogP contribution in [-0.4, -0.2) is 27.8 Å². The number of hydrogen-bond donors (Lipinski definition) is 1. The van der Waals surface area contributed by atoms with Crippen LogP contribution >= 0.6 is 11.6 Å². The van der Waals surface area contributed by atoms with Crippen LogP contribution in [-0.2, 0) is 6.54 Å². The van der Waals surface area contributed by atoms with Crippen LogP contribution in [0.2, 0.25) is 5.02 Å². The van der Waals surface area contributed by atoms with Gasteiger partial charge in [-0.05, 0) is 30.5 Å². The lowest BCUT2D eigenvalue weighted by atomic mass is 10.0. The number of nitrogens with two attached hydrogens (primary N) is 1. The average Bonchev–Trinajstić information content (AvgIpc) is 2.91. The van der Waals surface area contributed by atoms with E-state index in [1.807, 2.05) is 23.0 Å². The predicted octanol–water partition coefficient (Wildman–Crippen LogP) is 3.09. The summed E-state index contributed by atoms with van der Waals surface area (Å²) in [5, 5.41) is 4.51. The van der Waals surface area contributed by atoms with Crippen LogP contribution in [0.1, 0.15) is 24.4 Å². The van der Waals surface area contributed by atoms with Gasteiger partial charge in [0.1, 0.15) is 11.6 Å². The molecular formula is C15H18ClFN4. The van der Waals surface area contributed by atoms with Crippen molar-refractivity contribution in [1.29, 1.82) is 0 Å². The van der Waals surface area contributed by atoms with Crippen molar-refractivity contribution in [3.8, 4) is 0 Å². The molecule has 1 aromatic heterocycles. The highest BCUT2D eigenvalue weighted by molar-refractivity contribution is 6.31. The van der Waals surface area contributed by atoms with E-state index in [1.54, 1.807) is 6.07 Å². The first kappa shape index (κ1) is 14.4. The van der Waals surface area contributed by atoms with Crippen LogP contribution in [0.4, 0.5) is 10.2 Å². The monoisotopic (exact) mass is 308 g/mol. The molecule has 0 amide bonds. The van der Waals surface area contributed by atoms with Crippen LogP contribution in [0.25, 0.3) is 0 Å². The van der Waals surface area contributed by atoms with Crippen molar-refractivity contribution in [2.24, 2.45) is 0 Å². The van der Waals surface area contributed by atoms with Crippen molar-refractivity contribution >= 4 is 17.4 Å². The van der Waals surface area contributed by atoms with Gasteiger partial charge in [0.15, 0.2) is 0 Å². The smallest absolute Gasteiger partial charge is 0.145 e. The lowest BCUT2D eigenvalue weighted by Crippen LogP contribution is -2.34. The van der Waals surface area contributed by atoms with Crippen LogP contribution in [0, 0.1) is 5.82 Å². The Morgan fingerprint density at radius 2 is 2.05 bits per heavy atom. The maximum absolute atomic E-state index is 13.4. The Labute approximate surface area is 128 Å². The lowest BCUT2D eigenvalue weighted by molar-refractivity contribution is 0.173. The van der Waals surface area contributed by atoms with Gasteiger partial charge in [0.25, 0.3) is 0 Å². The number of rotatable bonds is 3. The number of likely N-dealkylation sites (tertiary alicyclic amines) is 1. The Hall–Kier alpha value is -1.59. The number of anilines is 1. The minimum absolute atomic E-state index is 0.236. The molecule has 1 saturated heterocycles. The molecule has 0 saturated carbocycles. The molecule has 0 spiro atoms. The molecule has 0 aliphatic carbocycles. The van der Waals surface area contributed by atoms with Gasteiger partial charge in [-0.2, -0.15) is 5.10 Å². The Morgan fingerprint density at radius 3 is 2.71 bits per heavy atom. The number of aromatic nitrogens is 2. The first-order chi connectivity index (χ1) is 10.1. The van der Waals surface area contributed by atoms with Crippen LogP contribution in [0.15, 0.2) is 30.5 Å². The van der Waals surface area contributed by atoms with Gasteiger partial charge in [0.05, 0.1) is 11.1 Å². The number of benzene rings is 1. The number of hydrogen-bond acceptors (Lipinski definition) is 3. The number of nitrogen functional groups attached to an aromatic ring is 1. The Morgan fingerprint density at radius 1 is 1.29 bits per heavy atom. The zero-order chi connectivity index (χ0) is 14.8. The third kappa shape index (κ3) is 3.19. The fourth-order valence-electron chi connectivity index (χ4n) is 2.81. The van der Waals surface area contributed by atoms with E-state index in [4.69, 9.17) is 17.3 Å². The summed E-state index contributed by atoms with van der Waals surface area (Å²) in [6.07, 6.45) is 3.95. The summed E-state index contributed by atoms with van der Waals surface area (Å²) in [7, 11) is 0. The molecule has 4 nitrogen and oxygen atoms in total. The molecule has 1 aliphatic rings. The van der Waals surface area contributed by atoms with Gasteiger partial charge in [-0.1, -0.05) is 23.7 Å². The fourth-order valence-corrected chi connectivity index (χ4v) is 3.00. The van der Waals surface area contributed by atoms with Crippen molar-refractivity contribution in [3.63, 3.8) is 0 Å². The molecule has 3 rings (SSSR count). The van der Waals surface area contributed by atoms with Crippen LogP contribution in [0.5, 0.6) is 0 Å². The number of halogens is 2. The molecule has 2 N–H and O–H groups in total. The summed E-state index contributed by atoms with van der Waals surface area (Å²) < 4.78 is 15.4. The highest BCUT2D eigenvalue weighted by Crippen LogP contribution is 2.26. The van der Waals surface area contributed by atoms with Crippen molar-refractivity contribution < 1.29 is 4.39 Å². The quantitative estimate of drug-likeness (QED) is 0.948. The first-order valence-corrected chi connectivity index (χ1v) is 7.47. The third-order valence-corrected chi connectivity index (χ3v) is 4.41. The topological polar surface area (TPSA) is 47.1 Å². The molecule has 0 radical (unpaired) electrons. The van der Waals surface area contributed by atoms with Gasteiger partial charge in [0, 0.05) is 25.8 Å². The van der Waals surface area contributed by atoms with Gasteiger partial charge in [-0.15, -0.1) is 0 Å². The highest BCUT2D eigenvalue weighted by Gasteiger charge is 2.21. The fraction of sp³-hybridized carbons (Fsp3) is 0.400. The van der Waals surface area contributed by atoms with E-state index in [9.17, 15) is 4.39 Å². The van der Waals surface area contributed by atoms with Gasteiger partial charge in [-0.25, -0.2) is 4.39 Å². The van der Waals surface area contributed by atoms with E-state index in [1.165, 1.54) is 6.07 Å². The highest BCUT2D eigenvalue weighted by atomic mass is 35.5. The average molecular weight is 309 g/mol. The molecule has 6 heteroatoms. The molecule has 2 aromatic rings. The van der Waals surface area contributed by atoms with Crippen molar-refractivity contribution in [1.82, 2.24) is 14.7 Å². The molecule has 0 unspecified atom stereocenters. The van der Waals surface area contributed by atoms with Crippen molar-refractivity contribution in [2.45, 2.75) is 25.4 Å². The van der Waals surface area contributed by atoms with Crippen molar-refractivity contribution in [2.75, 3.05) is 18.8 Å². The van der Waals surface area contributed by atoms with Gasteiger partial charge in [0.2, 0.25) is 0 Å². The maximum Gasteiger partial charge on any atom is 0.145 e. The summed E-state index contributed by atoms with van der Waals surface area (Å²) in [6, 6.07) is 7.18. The van der Waals surface area contributed by atoms with E-state index in [0.717, 1.165) is 31.5 Å². The molecule has 1 aromatic carbocycles. The number of nitrogens with zero attached hydrogens (tertiary/aromatic N) is 3. The van der Waals surface area contributed by atoms with Crippen LogP contribution < -0.4 is 5.73 Å². The first-order valence-electron chi connectivity index (χ1n) is 7.09. The molecule has 1 fully saturated rings. The second-order valence-electron chi connectivity index (χ2n) is 5.44. The van der Waals surface area contributed by atoms with E-state index >= 15 is 0 Å². The van der Waals surface area contributed by atoms with E-state index in [0.29, 0.717) is 18.4 Å². The Balaban J connectivity index is 1.60. The van der Waals surface area contributed by atoms with Gasteiger partial charge in [-0.3, -0.25) is 9.58 Å². The third-order valence-electron chi connectivity index (χ3n) is 3.99. The second-order valence-corrected chi connectivity index (χ2v) is 5.82. The second kappa shape index (κ2) is 6.03. The van der Waals surface area contributed by atoms with E-state index in [2.05, 4.69) is 10.00 Å². The standard InChI is InChI=1S/C15H18ClFN4/c16-15-11(2-1-3-13(15)17)10-20-7-4-12(5-8-20)21-9-6-14(18)19-21/h1-3,6,9,12H,4-5,7-8,10H2,(H2,18,19). The predicted molar refractivity (Wildman–Crippen MR) is 81.6 cm³/mol. The van der Waals surface area contributed by atoms with Crippen LogP contribution in [0.3, 0.4) is 0 Å². The molecule has 0 bridgehead atoms. The largest absolute Gasteiger partial charge is 0.382 e. The summed E-state index contributed by atoms with van der Waals surface area (Å²) in [6.45, 7) is 2.57. The van der Waals surface area contributed by atoms with E-state index in [-0.39, 0.29) is 10.8 Å². The Kier molecular flexibility index (Phi) is 4.12. The summed E-state index contributed by atoms with van der Waals surface area (Å²) in [5.41, 5.74) is 6.50. The zero-order valence-electron chi connectivity index (χ0n) is 11.7. The summed E-state index contributed by atoms with van der Waals surface area (Å²) >= 11 is 6.01. The molecule has 2 heterocycles. The molecule has 112 valence electrons. The SMILES string of the molecule is Nc1ccn(C2CCN(Cc3cccc(F)c3Cl)CC2)n1. The molecule has 21 heavy (non-hydrogen) atoms. The summed E-state index contributed by atoms with van der Waals surface area (Å²) in [5.74, 6) is 0.208.